The molecule has 3 atom stereocenters. The fraction of sp³-hybridized carbons (Fsp3) is 0.667. The molecule has 1 N–H and O–H groups in total. The number of likely N-dealkylation sites (N-methyl/N-ethyl adjacent to an activating group) is 1. The molecular weight excluding hydrogens is 260 g/mol. The van der Waals surface area contributed by atoms with Gasteiger partial charge in [0.05, 0.1) is 13.2 Å². The highest BCUT2D eigenvalue weighted by Crippen LogP contribution is 2.33. The summed E-state index contributed by atoms with van der Waals surface area (Å²) in [5, 5.41) is 3.61. The van der Waals surface area contributed by atoms with Crippen molar-refractivity contribution >= 4 is 0 Å². The highest BCUT2D eigenvalue weighted by molar-refractivity contribution is 5.32. The first kappa shape index (κ1) is 15.0. The standard InChI is InChI=1S/C18H28N2O/c1-3-15-13-21-12-11-20(15)17-10-6-8-14-7-4-5-9-16(14)18(17)19-2/h4-5,7,9,15,17-19H,3,6,8,10-13H2,1-2H3. The van der Waals surface area contributed by atoms with Crippen molar-refractivity contribution in [1.29, 1.82) is 0 Å². The molecule has 1 aliphatic heterocycles. The summed E-state index contributed by atoms with van der Waals surface area (Å²) in [7, 11) is 2.11. The van der Waals surface area contributed by atoms with Crippen LogP contribution in [0.3, 0.4) is 0 Å². The van der Waals surface area contributed by atoms with E-state index in [1.54, 1.807) is 0 Å². The molecule has 116 valence electrons. The smallest absolute Gasteiger partial charge is 0.0622 e. The van der Waals surface area contributed by atoms with Crippen LogP contribution in [0.1, 0.15) is 43.4 Å². The Kier molecular flexibility index (Phi) is 4.94. The lowest BCUT2D eigenvalue weighted by atomic mass is 9.93. The predicted octanol–water partition coefficient (Wildman–Crippen LogP) is 2.76. The van der Waals surface area contributed by atoms with Crippen LogP contribution in [0.2, 0.25) is 0 Å². The second-order valence-electron chi connectivity index (χ2n) is 6.30. The van der Waals surface area contributed by atoms with Gasteiger partial charge in [0, 0.05) is 24.7 Å². The Labute approximate surface area is 128 Å². The topological polar surface area (TPSA) is 24.5 Å². The van der Waals surface area contributed by atoms with Gasteiger partial charge in [-0.3, -0.25) is 4.90 Å². The van der Waals surface area contributed by atoms with Gasteiger partial charge < -0.3 is 10.1 Å². The Morgan fingerprint density at radius 3 is 3.00 bits per heavy atom. The molecule has 21 heavy (non-hydrogen) atoms. The molecule has 2 aliphatic rings. The van der Waals surface area contributed by atoms with Crippen molar-refractivity contribution in [2.24, 2.45) is 0 Å². The van der Waals surface area contributed by atoms with E-state index in [1.165, 1.54) is 36.8 Å². The lowest BCUT2D eigenvalue weighted by molar-refractivity contribution is -0.0390. The number of benzene rings is 1. The van der Waals surface area contributed by atoms with E-state index in [1.807, 2.05) is 0 Å². The summed E-state index contributed by atoms with van der Waals surface area (Å²) in [6.07, 6.45) is 4.95. The number of hydrogen-bond donors (Lipinski definition) is 1. The fourth-order valence-corrected chi connectivity index (χ4v) is 4.10. The zero-order chi connectivity index (χ0) is 14.7. The van der Waals surface area contributed by atoms with Crippen molar-refractivity contribution < 1.29 is 4.74 Å². The first-order valence-corrected chi connectivity index (χ1v) is 8.43. The lowest BCUT2D eigenvalue weighted by Gasteiger charge is -2.43. The molecule has 1 saturated heterocycles. The van der Waals surface area contributed by atoms with Crippen molar-refractivity contribution in [3.63, 3.8) is 0 Å². The van der Waals surface area contributed by atoms with Gasteiger partial charge in [0.1, 0.15) is 0 Å². The SMILES string of the molecule is CCC1COCCN1C1CCCc2ccccc2C1NC. The Hall–Kier alpha value is -0.900. The Balaban J connectivity index is 1.90. The maximum atomic E-state index is 5.70. The van der Waals surface area contributed by atoms with Crippen LogP contribution < -0.4 is 5.32 Å². The Morgan fingerprint density at radius 2 is 2.19 bits per heavy atom. The van der Waals surface area contributed by atoms with E-state index in [9.17, 15) is 0 Å². The molecule has 3 heteroatoms. The molecule has 0 spiro atoms. The predicted molar refractivity (Wildman–Crippen MR) is 86.6 cm³/mol. The number of hydrogen-bond acceptors (Lipinski definition) is 3. The number of nitrogens with one attached hydrogen (secondary N) is 1. The molecule has 1 fully saturated rings. The summed E-state index contributed by atoms with van der Waals surface area (Å²) < 4.78 is 5.70. The fourth-order valence-electron chi connectivity index (χ4n) is 4.10. The summed E-state index contributed by atoms with van der Waals surface area (Å²) >= 11 is 0. The van der Waals surface area contributed by atoms with Crippen LogP contribution in [0.4, 0.5) is 0 Å². The highest BCUT2D eigenvalue weighted by Gasteiger charge is 2.35. The first-order chi connectivity index (χ1) is 10.3. The molecular formula is C18H28N2O. The Morgan fingerprint density at radius 1 is 1.33 bits per heavy atom. The molecule has 1 aromatic rings. The van der Waals surface area contributed by atoms with Gasteiger partial charge in [-0.05, 0) is 43.9 Å². The average Bonchev–Trinajstić information content (AvgIpc) is 2.73. The van der Waals surface area contributed by atoms with E-state index in [4.69, 9.17) is 4.74 Å². The molecule has 1 heterocycles. The molecule has 3 nitrogen and oxygen atoms in total. The van der Waals surface area contributed by atoms with Crippen molar-refractivity contribution in [2.75, 3.05) is 26.8 Å². The second-order valence-corrected chi connectivity index (χ2v) is 6.30. The van der Waals surface area contributed by atoms with Gasteiger partial charge in [0.2, 0.25) is 0 Å². The number of aryl methyl sites for hydroxylation is 1. The number of ether oxygens (including phenoxy) is 1. The zero-order valence-electron chi connectivity index (χ0n) is 13.3. The quantitative estimate of drug-likeness (QED) is 0.866. The molecule has 3 unspecified atom stereocenters. The van der Waals surface area contributed by atoms with Gasteiger partial charge in [-0.1, -0.05) is 31.2 Å². The monoisotopic (exact) mass is 288 g/mol. The van der Waals surface area contributed by atoms with E-state index >= 15 is 0 Å². The van der Waals surface area contributed by atoms with Crippen LogP contribution in [0, 0.1) is 0 Å². The summed E-state index contributed by atoms with van der Waals surface area (Å²) in [5.41, 5.74) is 3.03. The van der Waals surface area contributed by atoms with Gasteiger partial charge in [0.25, 0.3) is 0 Å². The number of rotatable bonds is 3. The third-order valence-electron chi connectivity index (χ3n) is 5.20. The number of morpholine rings is 1. The molecule has 3 rings (SSSR count). The van der Waals surface area contributed by atoms with Crippen LogP contribution in [0.5, 0.6) is 0 Å². The van der Waals surface area contributed by atoms with Crippen LogP contribution in [0.25, 0.3) is 0 Å². The maximum Gasteiger partial charge on any atom is 0.0622 e. The van der Waals surface area contributed by atoms with Crippen molar-refractivity contribution in [3.8, 4) is 0 Å². The normalized spacial score (nSPS) is 30.7. The summed E-state index contributed by atoms with van der Waals surface area (Å²) in [5.74, 6) is 0. The van der Waals surface area contributed by atoms with Crippen LogP contribution in [0.15, 0.2) is 24.3 Å². The number of nitrogens with zero attached hydrogens (tertiary/aromatic N) is 1. The summed E-state index contributed by atoms with van der Waals surface area (Å²) in [4.78, 5) is 2.72. The molecule has 0 amide bonds. The van der Waals surface area contributed by atoms with Gasteiger partial charge in [-0.25, -0.2) is 0 Å². The van der Waals surface area contributed by atoms with Crippen LogP contribution in [-0.2, 0) is 11.2 Å². The second kappa shape index (κ2) is 6.91. The minimum Gasteiger partial charge on any atom is -0.378 e. The molecule has 1 aliphatic carbocycles. The minimum absolute atomic E-state index is 0.441. The minimum atomic E-state index is 0.441. The molecule has 1 aromatic carbocycles. The largest absolute Gasteiger partial charge is 0.378 e. The molecule has 0 radical (unpaired) electrons. The van der Waals surface area contributed by atoms with E-state index in [-0.39, 0.29) is 0 Å². The first-order valence-electron chi connectivity index (χ1n) is 8.43. The van der Waals surface area contributed by atoms with Crippen molar-refractivity contribution in [1.82, 2.24) is 10.2 Å². The number of fused-ring (bicyclic) bond motifs is 1. The van der Waals surface area contributed by atoms with Crippen LogP contribution in [-0.4, -0.2) is 43.8 Å². The highest BCUT2D eigenvalue weighted by atomic mass is 16.5. The molecule has 0 saturated carbocycles. The van der Waals surface area contributed by atoms with Crippen molar-refractivity contribution in [2.45, 2.75) is 50.7 Å². The maximum absolute atomic E-state index is 5.70. The zero-order valence-corrected chi connectivity index (χ0v) is 13.3. The van der Waals surface area contributed by atoms with E-state index in [0.29, 0.717) is 18.1 Å². The summed E-state index contributed by atoms with van der Waals surface area (Å²) in [6.45, 7) is 5.13. The molecule has 0 bridgehead atoms. The third-order valence-corrected chi connectivity index (χ3v) is 5.20. The third kappa shape index (κ3) is 3.01. The van der Waals surface area contributed by atoms with Crippen molar-refractivity contribution in [3.05, 3.63) is 35.4 Å². The van der Waals surface area contributed by atoms with E-state index < -0.39 is 0 Å². The van der Waals surface area contributed by atoms with Gasteiger partial charge in [-0.2, -0.15) is 0 Å². The molecule has 0 aromatic heterocycles. The van der Waals surface area contributed by atoms with Gasteiger partial charge >= 0.3 is 0 Å². The van der Waals surface area contributed by atoms with E-state index in [2.05, 4.69) is 48.5 Å². The van der Waals surface area contributed by atoms with Crippen LogP contribution >= 0.6 is 0 Å². The Bertz CT molecular complexity index is 462. The average molecular weight is 288 g/mol. The van der Waals surface area contributed by atoms with E-state index in [0.717, 1.165) is 19.8 Å². The summed E-state index contributed by atoms with van der Waals surface area (Å²) in [6, 6.07) is 10.6. The lowest BCUT2D eigenvalue weighted by Crippen LogP contribution is -2.54. The van der Waals surface area contributed by atoms with Gasteiger partial charge in [-0.15, -0.1) is 0 Å². The van der Waals surface area contributed by atoms with Gasteiger partial charge in [0.15, 0.2) is 0 Å².